The fourth-order valence-corrected chi connectivity index (χ4v) is 1.47. The maximum Gasteiger partial charge on any atom is 0.322 e. The molecule has 0 aliphatic carbocycles. The lowest BCUT2D eigenvalue weighted by atomic mass is 10.4. The van der Waals surface area contributed by atoms with Crippen molar-refractivity contribution < 1.29 is 4.74 Å². The molecule has 8 nitrogen and oxygen atoms in total. The first-order valence-corrected chi connectivity index (χ1v) is 6.28. The van der Waals surface area contributed by atoms with E-state index in [0.717, 1.165) is 12.2 Å². The molecule has 0 spiro atoms. The van der Waals surface area contributed by atoms with Gasteiger partial charge in [0, 0.05) is 13.0 Å². The summed E-state index contributed by atoms with van der Waals surface area (Å²) in [7, 11) is 0. The molecule has 0 amide bonds. The molecule has 0 bridgehead atoms. The van der Waals surface area contributed by atoms with Crippen LogP contribution in [0.4, 0.5) is 5.95 Å². The fraction of sp³-hybridized carbons (Fsp3) is 0.500. The van der Waals surface area contributed by atoms with Crippen molar-refractivity contribution in [2.75, 3.05) is 18.5 Å². The summed E-state index contributed by atoms with van der Waals surface area (Å²) in [5.41, 5.74) is 0. The first-order chi connectivity index (χ1) is 9.28. The van der Waals surface area contributed by atoms with E-state index in [-0.39, 0.29) is 11.3 Å². The Labute approximate surface area is 115 Å². The number of halogens is 1. The molecule has 0 aliphatic rings. The van der Waals surface area contributed by atoms with Crippen LogP contribution in [0.25, 0.3) is 0 Å². The fourth-order valence-electron chi connectivity index (χ4n) is 1.31. The van der Waals surface area contributed by atoms with Crippen LogP contribution in [0, 0.1) is 0 Å². The average molecular weight is 284 g/mol. The van der Waals surface area contributed by atoms with Crippen LogP contribution >= 0.6 is 11.6 Å². The number of aromatic nitrogens is 6. The third-order valence-electron chi connectivity index (χ3n) is 2.13. The molecule has 19 heavy (non-hydrogen) atoms. The Morgan fingerprint density at radius 1 is 1.37 bits per heavy atom. The van der Waals surface area contributed by atoms with E-state index in [4.69, 9.17) is 16.3 Å². The van der Waals surface area contributed by atoms with Gasteiger partial charge in [-0.2, -0.15) is 20.1 Å². The molecule has 0 unspecified atom stereocenters. The van der Waals surface area contributed by atoms with Crippen LogP contribution in [-0.2, 0) is 6.42 Å². The molecular weight excluding hydrogens is 270 g/mol. The van der Waals surface area contributed by atoms with Gasteiger partial charge in [0.1, 0.15) is 12.2 Å². The van der Waals surface area contributed by atoms with Crippen molar-refractivity contribution in [3.05, 3.63) is 17.4 Å². The van der Waals surface area contributed by atoms with E-state index < -0.39 is 0 Å². The average Bonchev–Trinajstić information content (AvgIpc) is 2.89. The number of hydrogen-bond acceptors (Lipinski definition) is 7. The highest BCUT2D eigenvalue weighted by Crippen LogP contribution is 2.11. The van der Waals surface area contributed by atoms with E-state index in [1.165, 1.54) is 6.33 Å². The minimum atomic E-state index is 0.100. The highest BCUT2D eigenvalue weighted by atomic mass is 35.5. The number of H-pyrrole nitrogens is 1. The Hall–Kier alpha value is -1.96. The molecule has 0 saturated heterocycles. The van der Waals surface area contributed by atoms with Gasteiger partial charge in [-0.15, -0.1) is 0 Å². The number of nitrogens with one attached hydrogen (secondary N) is 2. The van der Waals surface area contributed by atoms with E-state index in [0.29, 0.717) is 25.5 Å². The van der Waals surface area contributed by atoms with Crippen molar-refractivity contribution in [2.24, 2.45) is 0 Å². The molecule has 2 aromatic rings. The van der Waals surface area contributed by atoms with E-state index >= 15 is 0 Å². The summed E-state index contributed by atoms with van der Waals surface area (Å²) >= 11 is 5.80. The third kappa shape index (κ3) is 4.32. The van der Waals surface area contributed by atoms with E-state index in [2.05, 4.69) is 35.5 Å². The van der Waals surface area contributed by atoms with Crippen LogP contribution < -0.4 is 10.1 Å². The lowest BCUT2D eigenvalue weighted by molar-refractivity contribution is 0.291. The van der Waals surface area contributed by atoms with Gasteiger partial charge in [-0.1, -0.05) is 6.92 Å². The summed E-state index contributed by atoms with van der Waals surface area (Å²) in [4.78, 5) is 16.0. The summed E-state index contributed by atoms with van der Waals surface area (Å²) in [6.07, 6.45) is 3.01. The molecule has 2 aromatic heterocycles. The van der Waals surface area contributed by atoms with Gasteiger partial charge in [0.05, 0.1) is 6.61 Å². The second-order valence-corrected chi connectivity index (χ2v) is 4.01. The topological polar surface area (TPSA) is 102 Å². The Bertz CT molecular complexity index is 505. The molecule has 102 valence electrons. The van der Waals surface area contributed by atoms with Crippen molar-refractivity contribution in [1.82, 2.24) is 30.1 Å². The molecule has 0 atom stereocenters. The molecule has 0 aromatic carbocycles. The zero-order chi connectivity index (χ0) is 13.5. The first kappa shape index (κ1) is 13.5. The van der Waals surface area contributed by atoms with Crippen LogP contribution in [-0.4, -0.2) is 43.3 Å². The summed E-state index contributed by atoms with van der Waals surface area (Å²) in [6, 6.07) is 0.226. The maximum atomic E-state index is 5.80. The summed E-state index contributed by atoms with van der Waals surface area (Å²) in [6.45, 7) is 3.14. The Morgan fingerprint density at radius 3 is 3.00 bits per heavy atom. The van der Waals surface area contributed by atoms with Crippen molar-refractivity contribution >= 4 is 17.5 Å². The molecule has 9 heteroatoms. The standard InChI is InChI=1S/C10H14ClN7O/c1-2-5-19-10-16-8(11)15-9(17-10)12-4-3-7-13-6-14-18-7/h6H,2-5H2,1H3,(H,13,14,18)(H,12,15,16,17). The van der Waals surface area contributed by atoms with Crippen molar-refractivity contribution in [3.63, 3.8) is 0 Å². The molecule has 2 N–H and O–H groups in total. The Kier molecular flexibility index (Phi) is 4.85. The summed E-state index contributed by atoms with van der Waals surface area (Å²) in [5.74, 6) is 1.17. The van der Waals surface area contributed by atoms with Gasteiger partial charge in [-0.25, -0.2) is 4.98 Å². The van der Waals surface area contributed by atoms with Crippen molar-refractivity contribution in [3.8, 4) is 6.01 Å². The smallest absolute Gasteiger partial charge is 0.322 e. The van der Waals surface area contributed by atoms with Crippen LogP contribution in [0.2, 0.25) is 5.28 Å². The number of anilines is 1. The largest absolute Gasteiger partial charge is 0.463 e. The van der Waals surface area contributed by atoms with Gasteiger partial charge in [-0.3, -0.25) is 5.10 Å². The van der Waals surface area contributed by atoms with Gasteiger partial charge in [0.2, 0.25) is 11.2 Å². The number of hydrogen-bond donors (Lipinski definition) is 2. The minimum Gasteiger partial charge on any atom is -0.463 e. The number of nitrogens with zero attached hydrogens (tertiary/aromatic N) is 5. The highest BCUT2D eigenvalue weighted by Gasteiger charge is 2.05. The molecular formula is C10H14ClN7O. The molecule has 2 rings (SSSR count). The molecule has 0 saturated carbocycles. The predicted octanol–water partition coefficient (Wildman–Crippen LogP) is 1.09. The summed E-state index contributed by atoms with van der Waals surface area (Å²) < 4.78 is 5.31. The van der Waals surface area contributed by atoms with Gasteiger partial charge in [0.25, 0.3) is 0 Å². The lowest BCUT2D eigenvalue weighted by Gasteiger charge is -2.06. The normalized spacial score (nSPS) is 10.4. The lowest BCUT2D eigenvalue weighted by Crippen LogP contribution is -2.11. The van der Waals surface area contributed by atoms with Gasteiger partial charge >= 0.3 is 6.01 Å². The Balaban J connectivity index is 1.90. The molecule has 0 radical (unpaired) electrons. The van der Waals surface area contributed by atoms with Gasteiger partial charge in [0.15, 0.2) is 0 Å². The molecule has 0 aliphatic heterocycles. The number of rotatable bonds is 7. The monoisotopic (exact) mass is 283 g/mol. The van der Waals surface area contributed by atoms with E-state index in [1.54, 1.807) is 0 Å². The third-order valence-corrected chi connectivity index (χ3v) is 2.30. The highest BCUT2D eigenvalue weighted by molar-refractivity contribution is 6.28. The zero-order valence-electron chi connectivity index (χ0n) is 10.4. The van der Waals surface area contributed by atoms with Crippen LogP contribution in [0.15, 0.2) is 6.33 Å². The van der Waals surface area contributed by atoms with E-state index in [1.807, 2.05) is 6.92 Å². The maximum absolute atomic E-state index is 5.80. The van der Waals surface area contributed by atoms with Crippen LogP contribution in [0.5, 0.6) is 6.01 Å². The number of ether oxygens (including phenoxy) is 1. The quantitative estimate of drug-likeness (QED) is 0.784. The van der Waals surface area contributed by atoms with Gasteiger partial charge < -0.3 is 10.1 Å². The van der Waals surface area contributed by atoms with Crippen molar-refractivity contribution in [2.45, 2.75) is 19.8 Å². The van der Waals surface area contributed by atoms with E-state index in [9.17, 15) is 0 Å². The number of aromatic amines is 1. The first-order valence-electron chi connectivity index (χ1n) is 5.90. The second kappa shape index (κ2) is 6.83. The SMILES string of the molecule is CCCOc1nc(Cl)nc(NCCc2ncn[nH]2)n1. The van der Waals surface area contributed by atoms with Gasteiger partial charge in [-0.05, 0) is 18.0 Å². The molecule has 2 heterocycles. The minimum absolute atomic E-state index is 0.100. The van der Waals surface area contributed by atoms with Crippen LogP contribution in [0.3, 0.4) is 0 Å². The summed E-state index contributed by atoms with van der Waals surface area (Å²) in [5, 5.41) is 9.66. The second-order valence-electron chi connectivity index (χ2n) is 3.67. The molecule has 0 fully saturated rings. The predicted molar refractivity (Wildman–Crippen MR) is 69.2 cm³/mol. The van der Waals surface area contributed by atoms with Crippen LogP contribution in [0.1, 0.15) is 19.2 Å². The zero-order valence-corrected chi connectivity index (χ0v) is 11.2. The Morgan fingerprint density at radius 2 is 2.26 bits per heavy atom. The van der Waals surface area contributed by atoms with Crippen molar-refractivity contribution in [1.29, 1.82) is 0 Å².